The number of fused-ring (bicyclic) bond motifs is 1. The molecule has 0 amide bonds. The fraction of sp³-hybridized carbons (Fsp3) is 0.500. The summed E-state index contributed by atoms with van der Waals surface area (Å²) in [5, 5.41) is 3.14. The molecular formula is C12H11F4N. The van der Waals surface area contributed by atoms with Crippen LogP contribution < -0.4 is 5.32 Å². The van der Waals surface area contributed by atoms with Gasteiger partial charge in [-0.3, -0.25) is 0 Å². The molecule has 5 heteroatoms. The molecule has 0 aromatic heterocycles. The standard InChI is InChI=1S/C12H11F4N/c13-10-2-7(1-8(3-10)12(14,15)16)11-4-9(11)5-17-6-11/h1-3,9,17H,4-6H2/t9-,11+/m0/s1. The number of alkyl halides is 3. The Kier molecular flexibility index (Phi) is 2.09. The number of nitrogens with one attached hydrogen (secondary N) is 1. The van der Waals surface area contributed by atoms with Gasteiger partial charge in [-0.15, -0.1) is 0 Å². The zero-order valence-electron chi connectivity index (χ0n) is 8.94. The summed E-state index contributed by atoms with van der Waals surface area (Å²) in [6, 6.07) is 2.89. The van der Waals surface area contributed by atoms with Gasteiger partial charge in [-0.05, 0) is 42.6 Å². The second-order valence-corrected chi connectivity index (χ2v) is 4.91. The van der Waals surface area contributed by atoms with Crippen molar-refractivity contribution in [2.75, 3.05) is 13.1 Å². The van der Waals surface area contributed by atoms with E-state index in [1.165, 1.54) is 6.07 Å². The molecule has 17 heavy (non-hydrogen) atoms. The van der Waals surface area contributed by atoms with E-state index in [1.54, 1.807) is 0 Å². The highest BCUT2D eigenvalue weighted by Crippen LogP contribution is 2.56. The minimum atomic E-state index is -4.48. The molecule has 2 atom stereocenters. The number of hydrogen-bond acceptors (Lipinski definition) is 1. The maximum Gasteiger partial charge on any atom is 0.416 e. The average molecular weight is 245 g/mol. The molecule has 0 spiro atoms. The van der Waals surface area contributed by atoms with Crippen LogP contribution in [0.3, 0.4) is 0 Å². The molecule has 1 aromatic rings. The summed E-state index contributed by atoms with van der Waals surface area (Å²) >= 11 is 0. The van der Waals surface area contributed by atoms with Crippen molar-refractivity contribution in [3.63, 3.8) is 0 Å². The first-order chi connectivity index (χ1) is 7.92. The van der Waals surface area contributed by atoms with Crippen molar-refractivity contribution in [3.8, 4) is 0 Å². The van der Waals surface area contributed by atoms with Gasteiger partial charge in [0.15, 0.2) is 0 Å². The van der Waals surface area contributed by atoms with Crippen molar-refractivity contribution in [1.29, 1.82) is 0 Å². The van der Waals surface area contributed by atoms with E-state index in [2.05, 4.69) is 5.32 Å². The number of benzene rings is 1. The van der Waals surface area contributed by atoms with Gasteiger partial charge < -0.3 is 5.32 Å². The molecular weight excluding hydrogens is 234 g/mol. The third-order valence-electron chi connectivity index (χ3n) is 3.86. The van der Waals surface area contributed by atoms with E-state index in [1.807, 2.05) is 0 Å². The van der Waals surface area contributed by atoms with Crippen molar-refractivity contribution in [3.05, 3.63) is 35.1 Å². The van der Waals surface area contributed by atoms with Crippen LogP contribution in [0.25, 0.3) is 0 Å². The maximum atomic E-state index is 13.3. The van der Waals surface area contributed by atoms with Crippen molar-refractivity contribution >= 4 is 0 Å². The molecule has 2 aliphatic rings. The highest BCUT2D eigenvalue weighted by Gasteiger charge is 2.58. The normalized spacial score (nSPS) is 31.4. The molecule has 0 radical (unpaired) electrons. The van der Waals surface area contributed by atoms with Gasteiger partial charge in [0.05, 0.1) is 5.56 Å². The Morgan fingerprint density at radius 3 is 2.53 bits per heavy atom. The summed E-state index contributed by atoms with van der Waals surface area (Å²) in [5.41, 5.74) is -0.651. The Morgan fingerprint density at radius 1 is 1.24 bits per heavy atom. The quantitative estimate of drug-likeness (QED) is 0.750. The molecule has 1 aliphatic heterocycles. The Hall–Kier alpha value is -1.10. The van der Waals surface area contributed by atoms with Crippen LogP contribution in [0, 0.1) is 11.7 Å². The van der Waals surface area contributed by atoms with Crippen LogP contribution in [0.5, 0.6) is 0 Å². The first kappa shape index (κ1) is 11.0. The summed E-state index contributed by atoms with van der Waals surface area (Å²) in [5.74, 6) is -0.438. The highest BCUT2D eigenvalue weighted by molar-refractivity contribution is 5.40. The van der Waals surface area contributed by atoms with E-state index in [0.717, 1.165) is 19.0 Å². The van der Waals surface area contributed by atoms with E-state index >= 15 is 0 Å². The minimum absolute atomic E-state index is 0.248. The van der Waals surface area contributed by atoms with Gasteiger partial charge in [-0.1, -0.05) is 0 Å². The van der Waals surface area contributed by atoms with Crippen LogP contribution in [-0.2, 0) is 11.6 Å². The van der Waals surface area contributed by atoms with Crippen LogP contribution in [0.15, 0.2) is 18.2 Å². The predicted molar refractivity (Wildman–Crippen MR) is 54.1 cm³/mol. The van der Waals surface area contributed by atoms with Crippen molar-refractivity contribution in [2.45, 2.75) is 18.0 Å². The number of hydrogen-bond donors (Lipinski definition) is 1. The second kappa shape index (κ2) is 3.22. The van der Waals surface area contributed by atoms with Crippen LogP contribution in [0.4, 0.5) is 17.6 Å². The van der Waals surface area contributed by atoms with Crippen LogP contribution >= 0.6 is 0 Å². The van der Waals surface area contributed by atoms with Gasteiger partial charge in [0.25, 0.3) is 0 Å². The average Bonchev–Trinajstić information content (AvgIpc) is 2.80. The lowest BCUT2D eigenvalue weighted by Gasteiger charge is -2.15. The minimum Gasteiger partial charge on any atom is -0.316 e. The molecule has 1 nitrogen and oxygen atoms in total. The molecule has 1 saturated carbocycles. The SMILES string of the molecule is Fc1cc(C(F)(F)F)cc([C@@]23CNC[C@@H]2C3)c1. The zero-order valence-corrected chi connectivity index (χ0v) is 8.94. The van der Waals surface area contributed by atoms with Gasteiger partial charge in [-0.25, -0.2) is 4.39 Å². The van der Waals surface area contributed by atoms with E-state index in [-0.39, 0.29) is 5.41 Å². The smallest absolute Gasteiger partial charge is 0.316 e. The predicted octanol–water partition coefficient (Wildman–Crippen LogP) is 2.71. The molecule has 2 fully saturated rings. The molecule has 1 saturated heterocycles. The monoisotopic (exact) mass is 245 g/mol. The lowest BCUT2D eigenvalue weighted by Crippen LogP contribution is -2.20. The first-order valence-electron chi connectivity index (χ1n) is 5.51. The van der Waals surface area contributed by atoms with E-state index < -0.39 is 17.6 Å². The summed E-state index contributed by atoms with van der Waals surface area (Å²) in [4.78, 5) is 0. The lowest BCUT2D eigenvalue weighted by molar-refractivity contribution is -0.137. The Bertz CT molecular complexity index is 468. The molecule has 1 N–H and O–H groups in total. The van der Waals surface area contributed by atoms with Crippen LogP contribution in [0.1, 0.15) is 17.5 Å². The van der Waals surface area contributed by atoms with E-state index in [0.29, 0.717) is 24.1 Å². The lowest BCUT2D eigenvalue weighted by atomic mass is 9.93. The fourth-order valence-electron chi connectivity index (χ4n) is 2.83. The highest BCUT2D eigenvalue weighted by atomic mass is 19.4. The largest absolute Gasteiger partial charge is 0.416 e. The second-order valence-electron chi connectivity index (χ2n) is 4.91. The molecule has 92 valence electrons. The van der Waals surface area contributed by atoms with Crippen molar-refractivity contribution < 1.29 is 17.6 Å². The Balaban J connectivity index is 2.04. The van der Waals surface area contributed by atoms with E-state index in [9.17, 15) is 17.6 Å². The number of piperidine rings is 1. The molecule has 1 aliphatic carbocycles. The van der Waals surface area contributed by atoms with Gasteiger partial charge in [0.2, 0.25) is 0 Å². The summed E-state index contributed by atoms with van der Waals surface area (Å²) < 4.78 is 51.1. The molecule has 0 bridgehead atoms. The number of halogens is 4. The molecule has 3 rings (SSSR count). The molecule has 1 aromatic carbocycles. The summed E-state index contributed by atoms with van der Waals surface area (Å²) in [7, 11) is 0. The van der Waals surface area contributed by atoms with Crippen molar-refractivity contribution in [2.24, 2.45) is 5.92 Å². The third kappa shape index (κ3) is 1.64. The first-order valence-corrected chi connectivity index (χ1v) is 5.51. The van der Waals surface area contributed by atoms with Crippen LogP contribution in [-0.4, -0.2) is 13.1 Å². The van der Waals surface area contributed by atoms with E-state index in [4.69, 9.17) is 0 Å². The van der Waals surface area contributed by atoms with Crippen molar-refractivity contribution in [1.82, 2.24) is 5.32 Å². The van der Waals surface area contributed by atoms with Gasteiger partial charge in [0, 0.05) is 12.0 Å². The van der Waals surface area contributed by atoms with Gasteiger partial charge in [0.1, 0.15) is 5.82 Å². The van der Waals surface area contributed by atoms with Crippen LogP contribution in [0.2, 0.25) is 0 Å². The molecule has 0 unspecified atom stereocenters. The Morgan fingerprint density at radius 2 is 2.00 bits per heavy atom. The van der Waals surface area contributed by atoms with Gasteiger partial charge >= 0.3 is 6.18 Å². The Labute approximate surface area is 95.8 Å². The summed E-state index contributed by atoms with van der Waals surface area (Å²) in [6.07, 6.45) is -3.62. The summed E-state index contributed by atoms with van der Waals surface area (Å²) in [6.45, 7) is 1.47. The zero-order chi connectivity index (χ0) is 12.3. The topological polar surface area (TPSA) is 12.0 Å². The van der Waals surface area contributed by atoms with Gasteiger partial charge in [-0.2, -0.15) is 13.2 Å². The number of rotatable bonds is 1. The fourth-order valence-corrected chi connectivity index (χ4v) is 2.83. The maximum absolute atomic E-state index is 13.3. The third-order valence-corrected chi connectivity index (χ3v) is 3.86. The molecule has 1 heterocycles.